The first-order valence-corrected chi connectivity index (χ1v) is 5.19. The molecule has 0 aromatic rings. The van der Waals surface area contributed by atoms with E-state index in [-0.39, 0.29) is 17.2 Å². The molecule has 2 N–H and O–H groups in total. The Labute approximate surface area is 87.8 Å². The number of methoxy groups -OCH3 is 1. The average molecular weight is 203 g/mol. The van der Waals surface area contributed by atoms with Crippen LogP contribution in [0.1, 0.15) is 41.0 Å². The molecule has 86 valence electrons. The molecule has 0 fully saturated rings. The maximum Gasteiger partial charge on any atom is 0.0688 e. The van der Waals surface area contributed by atoms with Crippen molar-refractivity contribution in [2.24, 2.45) is 0 Å². The van der Waals surface area contributed by atoms with Crippen LogP contribution in [0.2, 0.25) is 0 Å². The molecule has 0 aromatic carbocycles. The van der Waals surface area contributed by atoms with E-state index in [0.717, 1.165) is 13.0 Å². The maximum atomic E-state index is 9.47. The largest absolute Gasteiger partial charge is 0.392 e. The summed E-state index contributed by atoms with van der Waals surface area (Å²) >= 11 is 0. The predicted molar refractivity (Wildman–Crippen MR) is 59.5 cm³/mol. The highest BCUT2D eigenvalue weighted by molar-refractivity contribution is 4.84. The Hall–Kier alpha value is -0.120. The highest BCUT2D eigenvalue weighted by Crippen LogP contribution is 2.14. The van der Waals surface area contributed by atoms with Gasteiger partial charge in [-0.2, -0.15) is 0 Å². The van der Waals surface area contributed by atoms with Gasteiger partial charge in [0.1, 0.15) is 0 Å². The standard InChI is InChI=1S/C11H25NO2/c1-9(13)11(4,5)12-8-7-10(2,3)14-6/h9,12-13H,7-8H2,1-6H3. The molecule has 0 rings (SSSR count). The average Bonchev–Trinajstić information content (AvgIpc) is 2.03. The Morgan fingerprint density at radius 2 is 1.79 bits per heavy atom. The molecular formula is C11H25NO2. The van der Waals surface area contributed by atoms with Crippen LogP contribution in [0.4, 0.5) is 0 Å². The van der Waals surface area contributed by atoms with Gasteiger partial charge in [-0.3, -0.25) is 0 Å². The lowest BCUT2D eigenvalue weighted by atomic mass is 9.97. The van der Waals surface area contributed by atoms with E-state index < -0.39 is 0 Å². The summed E-state index contributed by atoms with van der Waals surface area (Å²) < 4.78 is 5.31. The molecule has 0 amide bonds. The van der Waals surface area contributed by atoms with Gasteiger partial charge >= 0.3 is 0 Å². The zero-order chi connectivity index (χ0) is 11.4. The van der Waals surface area contributed by atoms with Gasteiger partial charge in [0.05, 0.1) is 11.7 Å². The van der Waals surface area contributed by atoms with Gasteiger partial charge in [0, 0.05) is 12.6 Å². The van der Waals surface area contributed by atoms with Crippen molar-refractivity contribution in [2.45, 2.75) is 58.3 Å². The molecular weight excluding hydrogens is 178 g/mol. The summed E-state index contributed by atoms with van der Waals surface area (Å²) in [5, 5.41) is 12.8. The summed E-state index contributed by atoms with van der Waals surface area (Å²) in [7, 11) is 1.72. The molecule has 1 unspecified atom stereocenters. The predicted octanol–water partition coefficient (Wildman–Crippen LogP) is 1.55. The van der Waals surface area contributed by atoms with Gasteiger partial charge in [-0.15, -0.1) is 0 Å². The lowest BCUT2D eigenvalue weighted by Gasteiger charge is -2.31. The van der Waals surface area contributed by atoms with E-state index >= 15 is 0 Å². The fourth-order valence-electron chi connectivity index (χ4n) is 0.935. The van der Waals surface area contributed by atoms with E-state index in [0.29, 0.717) is 0 Å². The van der Waals surface area contributed by atoms with Crippen LogP contribution < -0.4 is 5.32 Å². The molecule has 0 aliphatic heterocycles. The van der Waals surface area contributed by atoms with E-state index in [1.165, 1.54) is 0 Å². The Morgan fingerprint density at radius 3 is 2.14 bits per heavy atom. The van der Waals surface area contributed by atoms with Crippen molar-refractivity contribution < 1.29 is 9.84 Å². The number of ether oxygens (including phenoxy) is 1. The van der Waals surface area contributed by atoms with Crippen LogP contribution in [0.5, 0.6) is 0 Å². The van der Waals surface area contributed by atoms with Crippen molar-refractivity contribution >= 4 is 0 Å². The highest BCUT2D eigenvalue weighted by Gasteiger charge is 2.24. The van der Waals surface area contributed by atoms with Crippen LogP contribution in [-0.2, 0) is 4.74 Å². The smallest absolute Gasteiger partial charge is 0.0688 e. The second kappa shape index (κ2) is 5.10. The fraction of sp³-hybridized carbons (Fsp3) is 1.00. The van der Waals surface area contributed by atoms with Gasteiger partial charge in [0.15, 0.2) is 0 Å². The van der Waals surface area contributed by atoms with E-state index in [2.05, 4.69) is 19.2 Å². The minimum absolute atomic E-state index is 0.0955. The molecule has 0 spiro atoms. The van der Waals surface area contributed by atoms with Gasteiger partial charge in [0.2, 0.25) is 0 Å². The number of rotatable bonds is 6. The zero-order valence-corrected chi connectivity index (χ0v) is 10.3. The molecule has 3 heteroatoms. The monoisotopic (exact) mass is 203 g/mol. The number of aliphatic hydroxyl groups is 1. The van der Waals surface area contributed by atoms with Crippen molar-refractivity contribution in [1.29, 1.82) is 0 Å². The number of nitrogens with one attached hydrogen (secondary N) is 1. The van der Waals surface area contributed by atoms with Gasteiger partial charge in [-0.25, -0.2) is 0 Å². The van der Waals surface area contributed by atoms with E-state index in [4.69, 9.17) is 4.74 Å². The SMILES string of the molecule is COC(C)(C)CCNC(C)(C)C(C)O. The summed E-state index contributed by atoms with van der Waals surface area (Å²) in [4.78, 5) is 0. The zero-order valence-electron chi connectivity index (χ0n) is 10.3. The molecule has 0 aromatic heterocycles. The lowest BCUT2D eigenvalue weighted by molar-refractivity contribution is 0.0115. The van der Waals surface area contributed by atoms with Crippen molar-refractivity contribution in [3.63, 3.8) is 0 Å². The molecule has 0 aliphatic carbocycles. The quantitative estimate of drug-likeness (QED) is 0.688. The van der Waals surface area contributed by atoms with E-state index in [1.54, 1.807) is 14.0 Å². The van der Waals surface area contributed by atoms with E-state index in [9.17, 15) is 5.11 Å². The molecule has 3 nitrogen and oxygen atoms in total. The summed E-state index contributed by atoms with van der Waals surface area (Å²) in [5.41, 5.74) is -0.328. The van der Waals surface area contributed by atoms with Gasteiger partial charge in [-0.05, 0) is 47.6 Å². The second-order valence-corrected chi connectivity index (χ2v) is 5.04. The molecule has 0 bridgehead atoms. The molecule has 14 heavy (non-hydrogen) atoms. The third kappa shape index (κ3) is 4.94. The van der Waals surface area contributed by atoms with Crippen molar-refractivity contribution in [3.05, 3.63) is 0 Å². The number of aliphatic hydroxyl groups excluding tert-OH is 1. The van der Waals surface area contributed by atoms with Gasteiger partial charge < -0.3 is 15.2 Å². The lowest BCUT2D eigenvalue weighted by Crippen LogP contribution is -2.49. The Balaban J connectivity index is 3.85. The minimum atomic E-state index is -0.354. The van der Waals surface area contributed by atoms with Gasteiger partial charge in [-0.1, -0.05) is 0 Å². The van der Waals surface area contributed by atoms with Crippen LogP contribution >= 0.6 is 0 Å². The number of hydrogen-bond donors (Lipinski definition) is 2. The first kappa shape index (κ1) is 13.9. The van der Waals surface area contributed by atoms with Crippen LogP contribution in [0.3, 0.4) is 0 Å². The van der Waals surface area contributed by atoms with Crippen molar-refractivity contribution in [1.82, 2.24) is 5.32 Å². The summed E-state index contributed by atoms with van der Waals surface area (Å²) in [5.74, 6) is 0. The number of hydrogen-bond acceptors (Lipinski definition) is 3. The Morgan fingerprint density at radius 1 is 1.29 bits per heavy atom. The summed E-state index contributed by atoms with van der Waals surface area (Å²) in [6.45, 7) is 10.8. The summed E-state index contributed by atoms with van der Waals surface area (Å²) in [6.07, 6.45) is 0.577. The van der Waals surface area contributed by atoms with Crippen LogP contribution in [-0.4, -0.2) is 36.0 Å². The normalized spacial score (nSPS) is 15.6. The third-order valence-corrected chi connectivity index (χ3v) is 2.90. The molecule has 1 atom stereocenters. The fourth-order valence-corrected chi connectivity index (χ4v) is 0.935. The van der Waals surface area contributed by atoms with Crippen molar-refractivity contribution in [2.75, 3.05) is 13.7 Å². The van der Waals surface area contributed by atoms with Gasteiger partial charge in [0.25, 0.3) is 0 Å². The van der Waals surface area contributed by atoms with E-state index in [1.807, 2.05) is 13.8 Å². The van der Waals surface area contributed by atoms with Crippen LogP contribution in [0, 0.1) is 0 Å². The Kier molecular flexibility index (Phi) is 5.06. The maximum absolute atomic E-state index is 9.47. The minimum Gasteiger partial charge on any atom is -0.392 e. The Bertz CT molecular complexity index is 165. The molecule has 0 heterocycles. The molecule has 0 saturated heterocycles. The second-order valence-electron chi connectivity index (χ2n) is 5.04. The van der Waals surface area contributed by atoms with Crippen LogP contribution in [0.15, 0.2) is 0 Å². The highest BCUT2D eigenvalue weighted by atomic mass is 16.5. The third-order valence-electron chi connectivity index (χ3n) is 2.90. The summed E-state index contributed by atoms with van der Waals surface area (Å²) in [6, 6.07) is 0. The molecule has 0 aliphatic rings. The van der Waals surface area contributed by atoms with Crippen LogP contribution in [0.25, 0.3) is 0 Å². The topological polar surface area (TPSA) is 41.5 Å². The van der Waals surface area contributed by atoms with Crippen molar-refractivity contribution in [3.8, 4) is 0 Å². The molecule has 0 saturated carbocycles. The first-order valence-electron chi connectivity index (χ1n) is 5.19. The molecule has 0 radical (unpaired) electrons. The first-order chi connectivity index (χ1) is 6.21.